The molecule has 1 aromatic rings. The summed E-state index contributed by atoms with van der Waals surface area (Å²) in [6.07, 6.45) is 2.58. The molecule has 0 atom stereocenters. The van der Waals surface area contributed by atoms with E-state index in [0.717, 1.165) is 19.3 Å². The maximum Gasteiger partial charge on any atom is 0.274 e. The summed E-state index contributed by atoms with van der Waals surface area (Å²) in [5, 5.41) is 15.9. The molecular weight excluding hydrogens is 232 g/mol. The van der Waals surface area contributed by atoms with Gasteiger partial charge in [0.25, 0.3) is 6.20 Å². The normalized spacial score (nSPS) is 12.9. The highest BCUT2D eigenvalue weighted by Crippen LogP contribution is 1.98. The Hall–Kier alpha value is -1.82. The van der Waals surface area contributed by atoms with Gasteiger partial charge in [-0.2, -0.15) is 0 Å². The maximum absolute atomic E-state index is 9.80. The van der Waals surface area contributed by atoms with E-state index in [2.05, 4.69) is 15.6 Å². The third-order valence-electron chi connectivity index (χ3n) is 1.62. The Bertz CT molecular complexity index is 361. The van der Waals surface area contributed by atoms with Crippen LogP contribution in [0.2, 0.25) is 5.15 Å². The lowest BCUT2D eigenvalue weighted by Crippen LogP contribution is -2.11. The standard InChI is InChI=1S/C5H4ClN.C4H7N3O2/c6-5-3-1-2-4-7-5;8-7(9)3-4-5-1-2-6-4/h1-4H;3,5-6H,1-2H2. The predicted octanol–water partition coefficient (Wildman–Crippen LogP) is 0.990. The van der Waals surface area contributed by atoms with Crippen molar-refractivity contribution in [3.8, 4) is 0 Å². The lowest BCUT2D eigenvalue weighted by atomic mass is 10.5. The highest BCUT2D eigenvalue weighted by atomic mass is 35.5. The summed E-state index contributed by atoms with van der Waals surface area (Å²) >= 11 is 5.43. The van der Waals surface area contributed by atoms with Crippen molar-refractivity contribution in [3.63, 3.8) is 0 Å². The molecule has 1 fully saturated rings. The monoisotopic (exact) mass is 242 g/mol. The second-order valence-corrected chi connectivity index (χ2v) is 3.22. The van der Waals surface area contributed by atoms with Crippen molar-refractivity contribution < 1.29 is 4.92 Å². The fourth-order valence-corrected chi connectivity index (χ4v) is 1.12. The van der Waals surface area contributed by atoms with Gasteiger partial charge in [-0.25, -0.2) is 4.98 Å². The molecule has 0 spiro atoms. The number of rotatable bonds is 1. The van der Waals surface area contributed by atoms with E-state index in [1.165, 1.54) is 0 Å². The molecule has 1 saturated heterocycles. The van der Waals surface area contributed by atoms with Gasteiger partial charge in [-0.3, -0.25) is 10.1 Å². The molecule has 0 amide bonds. The molecule has 7 heteroatoms. The second-order valence-electron chi connectivity index (χ2n) is 2.83. The molecule has 0 saturated carbocycles. The van der Waals surface area contributed by atoms with E-state index in [1.54, 1.807) is 12.3 Å². The highest BCUT2D eigenvalue weighted by Gasteiger charge is 2.06. The second kappa shape index (κ2) is 6.62. The van der Waals surface area contributed by atoms with Gasteiger partial charge in [0.15, 0.2) is 5.82 Å². The molecular formula is C9H11ClN4O2. The Kier molecular flexibility index (Phi) is 5.07. The van der Waals surface area contributed by atoms with E-state index in [1.807, 2.05) is 12.1 Å². The van der Waals surface area contributed by atoms with E-state index >= 15 is 0 Å². The van der Waals surface area contributed by atoms with Crippen molar-refractivity contribution in [1.29, 1.82) is 0 Å². The number of hydrogen-bond acceptors (Lipinski definition) is 5. The van der Waals surface area contributed by atoms with Crippen LogP contribution in [0.3, 0.4) is 0 Å². The SMILES string of the molecule is Clc1ccccn1.O=[N+]([O-])C=C1NCCN1. The summed E-state index contributed by atoms with van der Waals surface area (Å²) in [5.74, 6) is 0.500. The van der Waals surface area contributed by atoms with Crippen molar-refractivity contribution in [3.05, 3.63) is 51.7 Å². The number of pyridine rings is 1. The van der Waals surface area contributed by atoms with Gasteiger partial charge in [0, 0.05) is 19.3 Å². The first kappa shape index (κ1) is 12.3. The quantitative estimate of drug-likeness (QED) is 0.436. The zero-order valence-electron chi connectivity index (χ0n) is 8.39. The van der Waals surface area contributed by atoms with Crippen molar-refractivity contribution >= 4 is 11.6 Å². The van der Waals surface area contributed by atoms with Crippen LogP contribution in [0, 0.1) is 10.1 Å². The van der Waals surface area contributed by atoms with Gasteiger partial charge in [-0.15, -0.1) is 0 Å². The fourth-order valence-electron chi connectivity index (χ4n) is 0.995. The predicted molar refractivity (Wildman–Crippen MR) is 60.3 cm³/mol. The van der Waals surface area contributed by atoms with Crippen LogP contribution in [0.4, 0.5) is 0 Å². The Labute approximate surface area is 97.5 Å². The molecule has 0 aliphatic carbocycles. The van der Waals surface area contributed by atoms with Crippen LogP contribution in [0.25, 0.3) is 0 Å². The molecule has 0 aromatic carbocycles. The molecule has 0 unspecified atom stereocenters. The van der Waals surface area contributed by atoms with E-state index in [-0.39, 0.29) is 0 Å². The Morgan fingerprint density at radius 1 is 1.44 bits per heavy atom. The largest absolute Gasteiger partial charge is 0.365 e. The maximum atomic E-state index is 9.80. The molecule has 86 valence electrons. The minimum Gasteiger partial charge on any atom is -0.365 e. The number of halogens is 1. The zero-order valence-corrected chi connectivity index (χ0v) is 9.15. The Morgan fingerprint density at radius 2 is 2.12 bits per heavy atom. The van der Waals surface area contributed by atoms with Gasteiger partial charge in [0.05, 0.1) is 4.92 Å². The number of hydrogen-bond donors (Lipinski definition) is 2. The van der Waals surface area contributed by atoms with Crippen molar-refractivity contribution in [2.24, 2.45) is 0 Å². The molecule has 1 aliphatic heterocycles. The lowest BCUT2D eigenvalue weighted by molar-refractivity contribution is -0.403. The number of aromatic nitrogens is 1. The van der Waals surface area contributed by atoms with Gasteiger partial charge in [0.2, 0.25) is 0 Å². The summed E-state index contributed by atoms with van der Waals surface area (Å²) in [7, 11) is 0. The summed E-state index contributed by atoms with van der Waals surface area (Å²) in [6, 6.07) is 5.41. The summed E-state index contributed by atoms with van der Waals surface area (Å²) < 4.78 is 0. The lowest BCUT2D eigenvalue weighted by Gasteiger charge is -1.90. The molecule has 0 bridgehead atoms. The van der Waals surface area contributed by atoms with Gasteiger partial charge in [0.1, 0.15) is 5.15 Å². The summed E-state index contributed by atoms with van der Waals surface area (Å²) in [6.45, 7) is 1.53. The Balaban J connectivity index is 0.000000165. The summed E-state index contributed by atoms with van der Waals surface area (Å²) in [5.41, 5.74) is 0. The van der Waals surface area contributed by atoms with Crippen molar-refractivity contribution in [2.45, 2.75) is 0 Å². The number of nitrogens with zero attached hydrogens (tertiary/aromatic N) is 2. The van der Waals surface area contributed by atoms with Gasteiger partial charge >= 0.3 is 0 Å². The molecule has 1 aromatic heterocycles. The van der Waals surface area contributed by atoms with Crippen LogP contribution >= 0.6 is 11.6 Å². The first-order chi connectivity index (χ1) is 7.68. The van der Waals surface area contributed by atoms with Gasteiger partial charge in [-0.1, -0.05) is 17.7 Å². The highest BCUT2D eigenvalue weighted by molar-refractivity contribution is 6.29. The molecule has 2 heterocycles. The van der Waals surface area contributed by atoms with Crippen molar-refractivity contribution in [1.82, 2.24) is 15.6 Å². The average molecular weight is 243 g/mol. The number of nitro groups is 1. The van der Waals surface area contributed by atoms with Crippen LogP contribution in [-0.4, -0.2) is 23.0 Å². The van der Waals surface area contributed by atoms with E-state index in [9.17, 15) is 10.1 Å². The minimum atomic E-state index is -0.485. The van der Waals surface area contributed by atoms with Crippen LogP contribution in [0.15, 0.2) is 36.4 Å². The first-order valence-corrected chi connectivity index (χ1v) is 4.96. The fraction of sp³-hybridized carbons (Fsp3) is 0.222. The van der Waals surface area contributed by atoms with E-state index in [4.69, 9.17) is 11.6 Å². The summed E-state index contributed by atoms with van der Waals surface area (Å²) in [4.78, 5) is 13.1. The zero-order chi connectivity index (χ0) is 11.8. The number of nitrogens with one attached hydrogen (secondary N) is 2. The topological polar surface area (TPSA) is 80.1 Å². The third kappa shape index (κ3) is 5.16. The molecule has 1 aliphatic rings. The first-order valence-electron chi connectivity index (χ1n) is 4.58. The Morgan fingerprint density at radius 3 is 2.50 bits per heavy atom. The van der Waals surface area contributed by atoms with Gasteiger partial charge in [-0.05, 0) is 12.1 Å². The average Bonchev–Trinajstić information content (AvgIpc) is 2.71. The van der Waals surface area contributed by atoms with Crippen molar-refractivity contribution in [2.75, 3.05) is 13.1 Å². The minimum absolute atomic E-state index is 0.485. The molecule has 6 nitrogen and oxygen atoms in total. The molecule has 0 radical (unpaired) electrons. The smallest absolute Gasteiger partial charge is 0.274 e. The molecule has 2 rings (SSSR count). The van der Waals surface area contributed by atoms with Crippen LogP contribution in [0.5, 0.6) is 0 Å². The third-order valence-corrected chi connectivity index (χ3v) is 1.84. The van der Waals surface area contributed by atoms with E-state index < -0.39 is 4.92 Å². The van der Waals surface area contributed by atoms with E-state index in [0.29, 0.717) is 11.0 Å². The van der Waals surface area contributed by atoms with Crippen LogP contribution in [-0.2, 0) is 0 Å². The molecule has 2 N–H and O–H groups in total. The van der Waals surface area contributed by atoms with Crippen LogP contribution in [0.1, 0.15) is 0 Å². The molecule has 16 heavy (non-hydrogen) atoms. The van der Waals surface area contributed by atoms with Crippen LogP contribution < -0.4 is 10.6 Å². The van der Waals surface area contributed by atoms with Gasteiger partial charge < -0.3 is 10.6 Å².